The third kappa shape index (κ3) is 5.01. The van der Waals surface area contributed by atoms with Gasteiger partial charge in [0.2, 0.25) is 11.8 Å². The number of para-hydroxylation sites is 1. The first-order chi connectivity index (χ1) is 14.1. The molecule has 0 radical (unpaired) electrons. The van der Waals surface area contributed by atoms with Gasteiger partial charge in [0.15, 0.2) is 11.5 Å². The second-order valence-corrected chi connectivity index (χ2v) is 7.86. The monoisotopic (exact) mass is 404 g/mol. The van der Waals surface area contributed by atoms with E-state index in [-0.39, 0.29) is 18.4 Å². The minimum atomic E-state index is 0.0449. The molecule has 1 aromatic carbocycles. The fraction of sp³-hybridized carbons (Fsp3) is 0.636. The summed E-state index contributed by atoms with van der Waals surface area (Å²) in [6, 6.07) is 5.84. The van der Waals surface area contributed by atoms with Crippen LogP contribution in [0.5, 0.6) is 11.5 Å². The highest BCUT2D eigenvalue weighted by Crippen LogP contribution is 2.34. The third-order valence-corrected chi connectivity index (χ3v) is 6.21. The summed E-state index contributed by atoms with van der Waals surface area (Å²) in [6.07, 6.45) is 3.12. The molecule has 0 aromatic heterocycles. The minimum Gasteiger partial charge on any atom is -0.493 e. The summed E-state index contributed by atoms with van der Waals surface area (Å²) >= 11 is 0. The van der Waals surface area contributed by atoms with Gasteiger partial charge >= 0.3 is 0 Å². The Labute approximate surface area is 172 Å². The number of benzene rings is 1. The van der Waals surface area contributed by atoms with Gasteiger partial charge in [0.1, 0.15) is 6.61 Å². The van der Waals surface area contributed by atoms with Crippen LogP contribution < -0.4 is 9.47 Å². The SMILES string of the molecule is COCC(=O)N1CC[C@H]2CC(=O)N(CCc3cccc(OC)c3OC)CC[C@H]2C1. The number of rotatable bonds is 7. The van der Waals surface area contributed by atoms with Gasteiger partial charge in [-0.2, -0.15) is 0 Å². The van der Waals surface area contributed by atoms with Crippen LogP contribution in [0.15, 0.2) is 18.2 Å². The molecule has 2 atom stereocenters. The number of piperidine rings is 1. The van der Waals surface area contributed by atoms with Gasteiger partial charge in [-0.15, -0.1) is 0 Å². The van der Waals surface area contributed by atoms with Gasteiger partial charge in [0.25, 0.3) is 0 Å². The Morgan fingerprint density at radius 2 is 1.90 bits per heavy atom. The molecule has 2 aliphatic rings. The number of hydrogen-bond donors (Lipinski definition) is 0. The summed E-state index contributed by atoms with van der Waals surface area (Å²) in [5, 5.41) is 0. The van der Waals surface area contributed by atoms with E-state index in [0.29, 0.717) is 30.6 Å². The normalized spacial score (nSPS) is 22.1. The Hall–Kier alpha value is -2.28. The smallest absolute Gasteiger partial charge is 0.248 e. The number of fused-ring (bicyclic) bond motifs is 1. The van der Waals surface area contributed by atoms with Crippen LogP contribution in [0.3, 0.4) is 0 Å². The van der Waals surface area contributed by atoms with E-state index in [1.54, 1.807) is 21.3 Å². The Kier molecular flexibility index (Phi) is 7.36. The molecular formula is C22H32N2O5. The maximum Gasteiger partial charge on any atom is 0.248 e. The summed E-state index contributed by atoms with van der Waals surface area (Å²) < 4.78 is 15.9. The van der Waals surface area contributed by atoms with Crippen molar-refractivity contribution in [1.29, 1.82) is 0 Å². The second-order valence-electron chi connectivity index (χ2n) is 7.86. The fourth-order valence-corrected chi connectivity index (χ4v) is 4.56. The zero-order chi connectivity index (χ0) is 20.8. The lowest BCUT2D eigenvalue weighted by Crippen LogP contribution is -2.45. The molecule has 2 fully saturated rings. The van der Waals surface area contributed by atoms with E-state index in [2.05, 4.69) is 0 Å². The molecule has 160 valence electrons. The van der Waals surface area contributed by atoms with Crippen molar-refractivity contribution in [2.75, 3.05) is 54.1 Å². The molecule has 1 aromatic rings. The number of methoxy groups -OCH3 is 3. The number of carbonyl (C=O) groups is 2. The van der Waals surface area contributed by atoms with Crippen molar-refractivity contribution >= 4 is 11.8 Å². The average Bonchev–Trinajstić information content (AvgIpc) is 2.89. The van der Waals surface area contributed by atoms with E-state index < -0.39 is 0 Å². The Morgan fingerprint density at radius 1 is 1.10 bits per heavy atom. The zero-order valence-corrected chi connectivity index (χ0v) is 17.7. The van der Waals surface area contributed by atoms with Crippen LogP contribution >= 0.6 is 0 Å². The lowest BCUT2D eigenvalue weighted by molar-refractivity contribution is -0.138. The molecule has 2 saturated heterocycles. The highest BCUT2D eigenvalue weighted by molar-refractivity contribution is 5.78. The van der Waals surface area contributed by atoms with Gasteiger partial charge < -0.3 is 24.0 Å². The Bertz CT molecular complexity index is 723. The third-order valence-electron chi connectivity index (χ3n) is 6.21. The van der Waals surface area contributed by atoms with E-state index in [1.165, 1.54) is 0 Å². The molecule has 0 saturated carbocycles. The van der Waals surface area contributed by atoms with Crippen molar-refractivity contribution in [2.45, 2.75) is 25.7 Å². The maximum absolute atomic E-state index is 12.9. The summed E-state index contributed by atoms with van der Waals surface area (Å²) in [5.41, 5.74) is 1.04. The standard InChI is InChI=1S/C22H32N2O5/c1-27-15-21(26)24-12-8-17-13-20(25)23(11-9-18(17)14-24)10-7-16-5-4-6-19(28-2)22(16)29-3/h4-6,17-18H,7-15H2,1-3H3/t17-,18-/m0/s1. The quantitative estimate of drug-likeness (QED) is 0.695. The van der Waals surface area contributed by atoms with Gasteiger partial charge in [0.05, 0.1) is 14.2 Å². The minimum absolute atomic E-state index is 0.0449. The second kappa shape index (κ2) is 9.96. The van der Waals surface area contributed by atoms with Crippen molar-refractivity contribution in [3.05, 3.63) is 23.8 Å². The number of carbonyl (C=O) groups excluding carboxylic acids is 2. The van der Waals surface area contributed by atoms with E-state index in [4.69, 9.17) is 14.2 Å². The molecule has 2 amide bonds. The average molecular weight is 405 g/mol. The molecule has 7 nitrogen and oxygen atoms in total. The van der Waals surface area contributed by atoms with E-state index in [0.717, 1.165) is 50.2 Å². The lowest BCUT2D eigenvalue weighted by atomic mass is 9.82. The predicted octanol–water partition coefficient (Wildman–Crippen LogP) is 1.98. The first kappa shape index (κ1) is 21.4. The first-order valence-electron chi connectivity index (χ1n) is 10.3. The zero-order valence-electron chi connectivity index (χ0n) is 17.7. The van der Waals surface area contributed by atoms with Crippen LogP contribution in [0.1, 0.15) is 24.8 Å². The predicted molar refractivity (Wildman–Crippen MR) is 109 cm³/mol. The van der Waals surface area contributed by atoms with E-state index in [1.807, 2.05) is 28.0 Å². The highest BCUT2D eigenvalue weighted by Gasteiger charge is 2.36. The Morgan fingerprint density at radius 3 is 2.62 bits per heavy atom. The molecule has 0 unspecified atom stereocenters. The van der Waals surface area contributed by atoms with Gasteiger partial charge in [-0.3, -0.25) is 9.59 Å². The van der Waals surface area contributed by atoms with Crippen LogP contribution in [0.25, 0.3) is 0 Å². The van der Waals surface area contributed by atoms with Crippen LogP contribution in [0.2, 0.25) is 0 Å². The molecule has 0 bridgehead atoms. The summed E-state index contributed by atoms with van der Waals surface area (Å²) in [6.45, 7) is 2.98. The van der Waals surface area contributed by atoms with Crippen LogP contribution in [-0.4, -0.2) is 75.7 Å². The largest absolute Gasteiger partial charge is 0.493 e. The fourth-order valence-electron chi connectivity index (χ4n) is 4.56. The maximum atomic E-state index is 12.9. The van der Waals surface area contributed by atoms with Crippen LogP contribution in [-0.2, 0) is 20.7 Å². The summed E-state index contributed by atoms with van der Waals surface area (Å²) in [5.74, 6) is 2.45. The number of ether oxygens (including phenoxy) is 3. The summed E-state index contributed by atoms with van der Waals surface area (Å²) in [4.78, 5) is 28.9. The number of likely N-dealkylation sites (tertiary alicyclic amines) is 2. The molecule has 0 N–H and O–H groups in total. The molecule has 3 rings (SSSR count). The first-order valence-corrected chi connectivity index (χ1v) is 10.3. The molecule has 29 heavy (non-hydrogen) atoms. The van der Waals surface area contributed by atoms with Crippen molar-refractivity contribution in [1.82, 2.24) is 9.80 Å². The number of hydrogen-bond acceptors (Lipinski definition) is 5. The van der Waals surface area contributed by atoms with Crippen molar-refractivity contribution < 1.29 is 23.8 Å². The molecule has 2 aliphatic heterocycles. The molecule has 0 aliphatic carbocycles. The van der Waals surface area contributed by atoms with Crippen molar-refractivity contribution in [3.63, 3.8) is 0 Å². The Balaban J connectivity index is 1.61. The van der Waals surface area contributed by atoms with Crippen molar-refractivity contribution in [2.24, 2.45) is 11.8 Å². The molecule has 2 heterocycles. The van der Waals surface area contributed by atoms with Gasteiger partial charge in [-0.1, -0.05) is 12.1 Å². The molecule has 0 spiro atoms. The topological polar surface area (TPSA) is 68.3 Å². The van der Waals surface area contributed by atoms with E-state index >= 15 is 0 Å². The number of amides is 2. The van der Waals surface area contributed by atoms with Crippen molar-refractivity contribution in [3.8, 4) is 11.5 Å². The highest BCUT2D eigenvalue weighted by atomic mass is 16.5. The molecular weight excluding hydrogens is 372 g/mol. The van der Waals surface area contributed by atoms with Gasteiger partial charge in [0, 0.05) is 39.7 Å². The lowest BCUT2D eigenvalue weighted by Gasteiger charge is -2.37. The van der Waals surface area contributed by atoms with Gasteiger partial charge in [-0.05, 0) is 42.7 Å². The van der Waals surface area contributed by atoms with Crippen LogP contribution in [0, 0.1) is 11.8 Å². The van der Waals surface area contributed by atoms with Gasteiger partial charge in [-0.25, -0.2) is 0 Å². The summed E-state index contributed by atoms with van der Waals surface area (Å²) in [7, 11) is 4.81. The van der Waals surface area contributed by atoms with Crippen LogP contribution in [0.4, 0.5) is 0 Å². The molecule has 7 heteroatoms. The van der Waals surface area contributed by atoms with E-state index in [9.17, 15) is 9.59 Å². The number of nitrogens with zero attached hydrogens (tertiary/aromatic N) is 2.